The van der Waals surface area contributed by atoms with E-state index >= 15 is 0 Å². The predicted octanol–water partition coefficient (Wildman–Crippen LogP) is 2.99. The Morgan fingerprint density at radius 1 is 1.15 bits per heavy atom. The van der Waals surface area contributed by atoms with E-state index < -0.39 is 0 Å². The zero-order chi connectivity index (χ0) is 17.7. The Morgan fingerprint density at radius 2 is 2.00 bits per heavy atom. The highest BCUT2D eigenvalue weighted by Gasteiger charge is 2.33. The zero-order valence-electron chi connectivity index (χ0n) is 15.1. The van der Waals surface area contributed by atoms with Crippen LogP contribution in [0, 0.1) is 11.8 Å². The first-order chi connectivity index (χ1) is 12.7. The molecule has 0 unspecified atom stereocenters. The van der Waals surface area contributed by atoms with E-state index in [1.54, 1.807) is 17.7 Å². The summed E-state index contributed by atoms with van der Waals surface area (Å²) in [4.78, 5) is 34.4. The Morgan fingerprint density at radius 3 is 2.88 bits per heavy atom. The summed E-state index contributed by atoms with van der Waals surface area (Å²) < 4.78 is 1.53. The maximum Gasteiger partial charge on any atom is 0.262 e. The van der Waals surface area contributed by atoms with E-state index in [-0.39, 0.29) is 18.0 Å². The van der Waals surface area contributed by atoms with E-state index in [0.717, 1.165) is 54.9 Å². The number of hydrogen-bond donors (Lipinski definition) is 0. The minimum absolute atomic E-state index is 0.0321. The quantitative estimate of drug-likeness (QED) is 0.815. The lowest BCUT2D eigenvalue weighted by Gasteiger charge is -2.41. The summed E-state index contributed by atoms with van der Waals surface area (Å²) in [7, 11) is 0. The Labute approximate surface area is 157 Å². The van der Waals surface area contributed by atoms with E-state index in [1.165, 1.54) is 40.7 Å². The fraction of sp³-hybridized carbons (Fsp3) is 0.650. The number of rotatable bonds is 2. The lowest BCUT2D eigenvalue weighted by molar-refractivity contribution is -0.135. The molecule has 138 valence electrons. The summed E-state index contributed by atoms with van der Waals surface area (Å²) in [5, 5.41) is 0.767. The highest BCUT2D eigenvalue weighted by atomic mass is 32.1. The highest BCUT2D eigenvalue weighted by Crippen LogP contribution is 2.36. The fourth-order valence-electron chi connectivity index (χ4n) is 5.21. The number of aryl methyl sites for hydroxylation is 2. The first kappa shape index (κ1) is 16.5. The first-order valence-electron chi connectivity index (χ1n) is 9.98. The summed E-state index contributed by atoms with van der Waals surface area (Å²) in [6.07, 6.45) is 11.1. The molecule has 3 aliphatic rings. The molecule has 2 aliphatic carbocycles. The molecule has 5 nitrogen and oxygen atoms in total. The van der Waals surface area contributed by atoms with Crippen LogP contribution in [0.15, 0.2) is 11.1 Å². The van der Waals surface area contributed by atoms with Crippen molar-refractivity contribution in [1.29, 1.82) is 0 Å². The second kappa shape index (κ2) is 6.48. The summed E-state index contributed by atoms with van der Waals surface area (Å²) in [5.74, 6) is 1.55. The molecule has 0 spiro atoms. The Kier molecular flexibility index (Phi) is 4.11. The smallest absolute Gasteiger partial charge is 0.262 e. The number of nitrogens with zero attached hydrogens (tertiary/aromatic N) is 3. The minimum atomic E-state index is -0.0321. The topological polar surface area (TPSA) is 55.2 Å². The van der Waals surface area contributed by atoms with E-state index in [0.29, 0.717) is 5.92 Å². The van der Waals surface area contributed by atoms with Gasteiger partial charge in [-0.15, -0.1) is 11.3 Å². The average Bonchev–Trinajstić information content (AvgIpc) is 3.24. The molecular formula is C20H25N3O2S. The number of carbonyl (C=O) groups excluding carboxylic acids is 1. The monoisotopic (exact) mass is 371 g/mol. The summed E-state index contributed by atoms with van der Waals surface area (Å²) in [5.41, 5.74) is 1.16. The molecular weight excluding hydrogens is 346 g/mol. The second-order valence-electron chi connectivity index (χ2n) is 8.15. The molecule has 26 heavy (non-hydrogen) atoms. The molecule has 2 atom stereocenters. The van der Waals surface area contributed by atoms with Gasteiger partial charge in [0.05, 0.1) is 11.7 Å². The van der Waals surface area contributed by atoms with Crippen LogP contribution in [0.4, 0.5) is 0 Å². The highest BCUT2D eigenvalue weighted by molar-refractivity contribution is 7.18. The van der Waals surface area contributed by atoms with Crippen molar-refractivity contribution < 1.29 is 4.79 Å². The largest absolute Gasteiger partial charge is 0.341 e. The number of amides is 1. The van der Waals surface area contributed by atoms with Crippen molar-refractivity contribution in [3.05, 3.63) is 27.1 Å². The van der Waals surface area contributed by atoms with Gasteiger partial charge in [-0.1, -0.05) is 19.3 Å². The molecule has 5 rings (SSSR count). The van der Waals surface area contributed by atoms with Gasteiger partial charge in [-0.2, -0.15) is 0 Å². The Hall–Kier alpha value is -1.69. The maximum absolute atomic E-state index is 13.0. The van der Waals surface area contributed by atoms with Crippen LogP contribution in [0.3, 0.4) is 0 Å². The van der Waals surface area contributed by atoms with Crippen molar-refractivity contribution >= 4 is 27.5 Å². The molecule has 0 radical (unpaired) electrons. The van der Waals surface area contributed by atoms with Crippen LogP contribution in [0.5, 0.6) is 0 Å². The molecule has 1 amide bonds. The molecule has 0 bridgehead atoms. The molecule has 0 N–H and O–H groups in total. The van der Waals surface area contributed by atoms with Crippen LogP contribution in [0.1, 0.15) is 49.0 Å². The number of carbonyl (C=O) groups is 1. The van der Waals surface area contributed by atoms with E-state index in [4.69, 9.17) is 0 Å². The van der Waals surface area contributed by atoms with E-state index in [2.05, 4.69) is 4.98 Å². The molecule has 1 saturated carbocycles. The van der Waals surface area contributed by atoms with Gasteiger partial charge in [-0.3, -0.25) is 14.2 Å². The summed E-state index contributed by atoms with van der Waals surface area (Å²) in [6.45, 7) is 1.85. The lowest BCUT2D eigenvalue weighted by atomic mass is 9.75. The molecule has 2 aromatic heterocycles. The van der Waals surface area contributed by atoms with Gasteiger partial charge in [0.25, 0.3) is 5.56 Å². The van der Waals surface area contributed by atoms with Gasteiger partial charge in [0.2, 0.25) is 5.91 Å². The van der Waals surface area contributed by atoms with Crippen molar-refractivity contribution in [3.8, 4) is 0 Å². The van der Waals surface area contributed by atoms with Crippen molar-refractivity contribution in [2.75, 3.05) is 13.1 Å². The van der Waals surface area contributed by atoms with Crippen molar-refractivity contribution in [2.45, 2.75) is 57.9 Å². The van der Waals surface area contributed by atoms with Crippen LogP contribution in [-0.2, 0) is 24.2 Å². The van der Waals surface area contributed by atoms with Crippen molar-refractivity contribution in [3.63, 3.8) is 0 Å². The number of aromatic nitrogens is 2. The van der Waals surface area contributed by atoms with E-state index in [9.17, 15) is 9.59 Å². The predicted molar refractivity (Wildman–Crippen MR) is 103 cm³/mol. The summed E-state index contributed by atoms with van der Waals surface area (Å²) in [6, 6.07) is 0. The molecule has 3 heterocycles. The fourth-order valence-corrected chi connectivity index (χ4v) is 6.42. The zero-order valence-corrected chi connectivity index (χ0v) is 15.9. The summed E-state index contributed by atoms with van der Waals surface area (Å²) >= 11 is 1.65. The molecule has 6 heteroatoms. The van der Waals surface area contributed by atoms with E-state index in [1.807, 2.05) is 4.90 Å². The SMILES string of the molecule is O=C(Cn1cnc2sc3c(c2c1=O)CCC3)N1CC[C@H]2CCCC[C@H]2C1. The lowest BCUT2D eigenvalue weighted by Crippen LogP contribution is -2.46. The van der Waals surface area contributed by atoms with Gasteiger partial charge in [-0.25, -0.2) is 4.98 Å². The Bertz CT molecular complexity index is 916. The standard InChI is InChI=1S/C20H25N3O2S/c24-17(22-9-8-13-4-1-2-5-14(13)10-22)11-23-12-21-19-18(20(23)25)15-6-3-7-16(15)26-19/h12-14H,1-11H2/t13-,14+/m1/s1. The van der Waals surface area contributed by atoms with Gasteiger partial charge in [-0.05, 0) is 49.5 Å². The van der Waals surface area contributed by atoms with Crippen LogP contribution < -0.4 is 5.56 Å². The van der Waals surface area contributed by atoms with Crippen molar-refractivity contribution in [2.24, 2.45) is 11.8 Å². The van der Waals surface area contributed by atoms with Gasteiger partial charge in [0.1, 0.15) is 11.4 Å². The Balaban J connectivity index is 1.37. The number of thiophene rings is 1. The van der Waals surface area contributed by atoms with Crippen LogP contribution in [-0.4, -0.2) is 33.4 Å². The third-order valence-electron chi connectivity index (χ3n) is 6.64. The maximum atomic E-state index is 13.0. The number of hydrogen-bond acceptors (Lipinski definition) is 4. The average molecular weight is 372 g/mol. The first-order valence-corrected chi connectivity index (χ1v) is 10.8. The van der Waals surface area contributed by atoms with Crippen LogP contribution >= 0.6 is 11.3 Å². The number of fused-ring (bicyclic) bond motifs is 4. The molecule has 2 aromatic rings. The van der Waals surface area contributed by atoms with Crippen LogP contribution in [0.25, 0.3) is 10.2 Å². The third-order valence-corrected chi connectivity index (χ3v) is 7.84. The van der Waals surface area contributed by atoms with Crippen molar-refractivity contribution in [1.82, 2.24) is 14.5 Å². The molecule has 1 saturated heterocycles. The normalized spacial score (nSPS) is 25.3. The molecule has 2 fully saturated rings. The minimum Gasteiger partial charge on any atom is -0.341 e. The third kappa shape index (κ3) is 2.70. The molecule has 0 aromatic carbocycles. The van der Waals surface area contributed by atoms with Gasteiger partial charge < -0.3 is 4.90 Å². The van der Waals surface area contributed by atoms with Gasteiger partial charge in [0, 0.05) is 18.0 Å². The van der Waals surface area contributed by atoms with Gasteiger partial charge >= 0.3 is 0 Å². The molecule has 1 aliphatic heterocycles. The van der Waals surface area contributed by atoms with Crippen LogP contribution in [0.2, 0.25) is 0 Å². The van der Waals surface area contributed by atoms with Gasteiger partial charge in [0.15, 0.2) is 0 Å². The number of likely N-dealkylation sites (tertiary alicyclic amines) is 1. The second-order valence-corrected chi connectivity index (χ2v) is 9.23. The number of piperidine rings is 1.